The van der Waals surface area contributed by atoms with Crippen LogP contribution in [0.2, 0.25) is 0 Å². The fourth-order valence-corrected chi connectivity index (χ4v) is 2.14. The number of carbonyl (C=O) groups excluding carboxylic acids is 2. The molecule has 0 bridgehead atoms. The molecule has 0 aromatic heterocycles. The molecule has 0 fully saturated rings. The van der Waals surface area contributed by atoms with Gasteiger partial charge in [-0.1, -0.05) is 60.7 Å². The van der Waals surface area contributed by atoms with Crippen molar-refractivity contribution in [2.45, 2.75) is 33.5 Å². The Bertz CT molecular complexity index is 663. The molecule has 0 aliphatic heterocycles. The first-order chi connectivity index (χ1) is 11.5. The maximum Gasteiger partial charge on any atom is 0.312 e. The summed E-state index contributed by atoms with van der Waals surface area (Å²) in [5, 5.41) is 0. The maximum absolute atomic E-state index is 12.2. The fraction of sp³-hybridized carbons (Fsp3) is 0.300. The molecule has 0 atom stereocenters. The van der Waals surface area contributed by atoms with Crippen molar-refractivity contribution < 1.29 is 19.1 Å². The number of benzene rings is 2. The standard InChI is InChI=1S/C20H22O4/c1-20(2,19(22)24-15-17-11-7-4-8-12-17)13-18(21)23-14-16-9-5-3-6-10-16/h3-12H,13-15H2,1-2H3. The minimum Gasteiger partial charge on any atom is -0.461 e. The van der Waals surface area contributed by atoms with Crippen molar-refractivity contribution >= 4 is 11.9 Å². The average molecular weight is 326 g/mol. The highest BCUT2D eigenvalue weighted by atomic mass is 16.5. The molecule has 4 heteroatoms. The van der Waals surface area contributed by atoms with E-state index in [-0.39, 0.29) is 19.6 Å². The first-order valence-corrected chi connectivity index (χ1v) is 7.88. The molecule has 0 saturated heterocycles. The van der Waals surface area contributed by atoms with Gasteiger partial charge in [0.1, 0.15) is 13.2 Å². The topological polar surface area (TPSA) is 52.6 Å². The summed E-state index contributed by atoms with van der Waals surface area (Å²) >= 11 is 0. The summed E-state index contributed by atoms with van der Waals surface area (Å²) in [7, 11) is 0. The van der Waals surface area contributed by atoms with Crippen molar-refractivity contribution in [3.63, 3.8) is 0 Å². The Morgan fingerprint density at radius 2 is 1.25 bits per heavy atom. The molecule has 0 radical (unpaired) electrons. The smallest absolute Gasteiger partial charge is 0.312 e. The summed E-state index contributed by atoms with van der Waals surface area (Å²) in [5.74, 6) is -0.830. The Hall–Kier alpha value is -2.62. The van der Waals surface area contributed by atoms with E-state index >= 15 is 0 Å². The van der Waals surface area contributed by atoms with E-state index in [2.05, 4.69) is 0 Å². The molecule has 0 spiro atoms. The van der Waals surface area contributed by atoms with Crippen LogP contribution in [-0.2, 0) is 32.3 Å². The zero-order valence-electron chi connectivity index (χ0n) is 14.0. The van der Waals surface area contributed by atoms with E-state index in [1.54, 1.807) is 13.8 Å². The summed E-state index contributed by atoms with van der Waals surface area (Å²) in [6, 6.07) is 18.9. The van der Waals surface area contributed by atoms with Gasteiger partial charge in [0.25, 0.3) is 0 Å². The minimum atomic E-state index is -0.928. The molecule has 0 aliphatic rings. The van der Waals surface area contributed by atoms with Crippen LogP contribution >= 0.6 is 0 Å². The van der Waals surface area contributed by atoms with Crippen LogP contribution in [0.3, 0.4) is 0 Å². The van der Waals surface area contributed by atoms with Crippen molar-refractivity contribution in [3.05, 3.63) is 71.8 Å². The highest BCUT2D eigenvalue weighted by Crippen LogP contribution is 2.24. The lowest BCUT2D eigenvalue weighted by Gasteiger charge is -2.21. The lowest BCUT2D eigenvalue weighted by Crippen LogP contribution is -2.30. The van der Waals surface area contributed by atoms with E-state index in [1.807, 2.05) is 60.7 Å². The van der Waals surface area contributed by atoms with Crippen molar-refractivity contribution in [1.29, 1.82) is 0 Å². The fourth-order valence-electron chi connectivity index (χ4n) is 2.14. The lowest BCUT2D eigenvalue weighted by molar-refractivity contribution is -0.162. The Labute approximate surface area is 142 Å². The summed E-state index contributed by atoms with van der Waals surface area (Å²) < 4.78 is 10.5. The van der Waals surface area contributed by atoms with Gasteiger partial charge in [-0.15, -0.1) is 0 Å². The Balaban J connectivity index is 1.80. The Morgan fingerprint density at radius 3 is 1.75 bits per heavy atom. The third-order valence-corrected chi connectivity index (χ3v) is 3.59. The van der Waals surface area contributed by atoms with Crippen LogP contribution < -0.4 is 0 Å². The summed E-state index contributed by atoms with van der Waals surface area (Å²) in [5.41, 5.74) is 0.895. The van der Waals surface area contributed by atoms with Crippen LogP contribution in [0.1, 0.15) is 31.4 Å². The molecule has 0 saturated carbocycles. The van der Waals surface area contributed by atoms with Gasteiger partial charge in [-0.3, -0.25) is 9.59 Å². The molecule has 24 heavy (non-hydrogen) atoms. The third kappa shape index (κ3) is 5.54. The molecule has 2 aromatic rings. The minimum absolute atomic E-state index is 0.0204. The maximum atomic E-state index is 12.2. The van der Waals surface area contributed by atoms with Gasteiger partial charge in [0.15, 0.2) is 0 Å². The van der Waals surface area contributed by atoms with Crippen LogP contribution in [0.5, 0.6) is 0 Å². The third-order valence-electron chi connectivity index (χ3n) is 3.59. The van der Waals surface area contributed by atoms with Gasteiger partial charge in [-0.25, -0.2) is 0 Å². The first kappa shape index (κ1) is 17.7. The lowest BCUT2D eigenvalue weighted by atomic mass is 9.89. The van der Waals surface area contributed by atoms with Gasteiger partial charge in [0.05, 0.1) is 11.8 Å². The van der Waals surface area contributed by atoms with Crippen LogP contribution in [0, 0.1) is 5.41 Å². The number of hydrogen-bond donors (Lipinski definition) is 0. The Morgan fingerprint density at radius 1 is 0.792 bits per heavy atom. The monoisotopic (exact) mass is 326 g/mol. The van der Waals surface area contributed by atoms with Crippen LogP contribution in [0.4, 0.5) is 0 Å². The zero-order chi connectivity index (χ0) is 17.4. The molecule has 126 valence electrons. The van der Waals surface area contributed by atoms with Gasteiger partial charge in [-0.2, -0.15) is 0 Å². The number of hydrogen-bond acceptors (Lipinski definition) is 4. The molecule has 2 rings (SSSR count). The largest absolute Gasteiger partial charge is 0.461 e. The summed E-state index contributed by atoms with van der Waals surface area (Å²) in [6.45, 7) is 3.77. The predicted molar refractivity (Wildman–Crippen MR) is 90.9 cm³/mol. The highest BCUT2D eigenvalue weighted by molar-refractivity contribution is 5.82. The van der Waals surface area contributed by atoms with E-state index in [0.29, 0.717) is 0 Å². The van der Waals surface area contributed by atoms with Gasteiger partial charge >= 0.3 is 11.9 Å². The van der Waals surface area contributed by atoms with Gasteiger partial charge in [0.2, 0.25) is 0 Å². The molecule has 2 aromatic carbocycles. The van der Waals surface area contributed by atoms with Crippen molar-refractivity contribution in [3.8, 4) is 0 Å². The predicted octanol–water partition coefficient (Wildman–Crippen LogP) is 3.89. The molecule has 0 N–H and O–H groups in total. The van der Waals surface area contributed by atoms with Crippen LogP contribution in [0.15, 0.2) is 60.7 Å². The summed E-state index contributed by atoms with van der Waals surface area (Å²) in [6.07, 6.45) is -0.0204. The molecule has 0 amide bonds. The van der Waals surface area contributed by atoms with Crippen molar-refractivity contribution in [2.24, 2.45) is 5.41 Å². The van der Waals surface area contributed by atoms with Crippen LogP contribution in [0.25, 0.3) is 0 Å². The number of carbonyl (C=O) groups is 2. The summed E-state index contributed by atoms with van der Waals surface area (Å²) in [4.78, 5) is 24.2. The van der Waals surface area contributed by atoms with E-state index in [4.69, 9.17) is 9.47 Å². The van der Waals surface area contributed by atoms with E-state index < -0.39 is 17.4 Å². The second-order valence-corrected chi connectivity index (χ2v) is 6.27. The zero-order valence-corrected chi connectivity index (χ0v) is 14.0. The number of esters is 2. The molecule has 4 nitrogen and oxygen atoms in total. The molecular weight excluding hydrogens is 304 g/mol. The van der Waals surface area contributed by atoms with Crippen LogP contribution in [-0.4, -0.2) is 11.9 Å². The molecule has 0 unspecified atom stereocenters. The Kier molecular flexibility index (Phi) is 6.13. The van der Waals surface area contributed by atoms with Gasteiger partial charge in [-0.05, 0) is 25.0 Å². The quantitative estimate of drug-likeness (QED) is 0.724. The molecule has 0 aliphatic carbocycles. The van der Waals surface area contributed by atoms with Crippen molar-refractivity contribution in [2.75, 3.05) is 0 Å². The van der Waals surface area contributed by atoms with E-state index in [0.717, 1.165) is 11.1 Å². The second-order valence-electron chi connectivity index (χ2n) is 6.27. The first-order valence-electron chi connectivity index (χ1n) is 7.88. The number of rotatable bonds is 7. The molecule has 0 heterocycles. The normalized spacial score (nSPS) is 10.9. The highest BCUT2D eigenvalue weighted by Gasteiger charge is 2.33. The number of ether oxygens (including phenoxy) is 2. The van der Waals surface area contributed by atoms with Gasteiger partial charge < -0.3 is 9.47 Å². The second kappa shape index (κ2) is 8.29. The molecular formula is C20H22O4. The average Bonchev–Trinajstić information content (AvgIpc) is 2.59. The van der Waals surface area contributed by atoms with E-state index in [9.17, 15) is 9.59 Å². The SMILES string of the molecule is CC(C)(CC(=O)OCc1ccccc1)C(=O)OCc1ccccc1. The van der Waals surface area contributed by atoms with E-state index in [1.165, 1.54) is 0 Å². The van der Waals surface area contributed by atoms with Crippen molar-refractivity contribution in [1.82, 2.24) is 0 Å². The van der Waals surface area contributed by atoms with Gasteiger partial charge in [0, 0.05) is 0 Å².